The normalized spacial score (nSPS) is 14.7. The van der Waals surface area contributed by atoms with Crippen LogP contribution < -0.4 is 0 Å². The first-order chi connectivity index (χ1) is 15.2. The van der Waals surface area contributed by atoms with Gasteiger partial charge in [0.1, 0.15) is 10.7 Å². The highest BCUT2D eigenvalue weighted by atomic mass is 32.2. The molecule has 1 aromatic carbocycles. The summed E-state index contributed by atoms with van der Waals surface area (Å²) in [6.07, 6.45) is 5.01. The second-order valence-electron chi connectivity index (χ2n) is 7.24. The number of rotatable bonds is 7. The van der Waals surface area contributed by atoms with Gasteiger partial charge < -0.3 is 9.64 Å². The van der Waals surface area contributed by atoms with E-state index in [1.807, 2.05) is 11.0 Å². The highest BCUT2D eigenvalue weighted by Crippen LogP contribution is 2.35. The van der Waals surface area contributed by atoms with E-state index in [1.165, 1.54) is 23.5 Å². The van der Waals surface area contributed by atoms with Gasteiger partial charge in [-0.3, -0.25) is 9.78 Å². The van der Waals surface area contributed by atoms with Gasteiger partial charge in [-0.1, -0.05) is 23.9 Å². The molecule has 0 radical (unpaired) electrons. The molecule has 0 unspecified atom stereocenters. The molecule has 6 nitrogen and oxygen atoms in total. The predicted octanol–water partition coefficient (Wildman–Crippen LogP) is 4.50. The Hall–Kier alpha value is -2.36. The van der Waals surface area contributed by atoms with Crippen LogP contribution in [0.1, 0.15) is 34.1 Å². The summed E-state index contributed by atoms with van der Waals surface area (Å²) in [5.74, 6) is 0.683. The quantitative estimate of drug-likeness (QED) is 0.295. The first-order valence-electron chi connectivity index (χ1n) is 10.1. The van der Waals surface area contributed by atoms with E-state index in [0.29, 0.717) is 29.7 Å². The van der Waals surface area contributed by atoms with Crippen LogP contribution in [-0.2, 0) is 4.74 Å². The van der Waals surface area contributed by atoms with E-state index >= 15 is 0 Å². The van der Waals surface area contributed by atoms with E-state index in [2.05, 4.69) is 9.97 Å². The number of thioether (sulfide) groups is 1. The molecule has 0 bridgehead atoms. The van der Waals surface area contributed by atoms with Gasteiger partial charge in [0.15, 0.2) is 5.16 Å². The van der Waals surface area contributed by atoms with Gasteiger partial charge in [0.25, 0.3) is 5.91 Å². The van der Waals surface area contributed by atoms with E-state index in [1.54, 1.807) is 42.8 Å². The van der Waals surface area contributed by atoms with Gasteiger partial charge >= 0.3 is 0 Å². The number of piperidine rings is 1. The Balaban J connectivity index is 1.56. The third-order valence-electron chi connectivity index (χ3n) is 5.26. The third-order valence-corrected chi connectivity index (χ3v) is 6.85. The van der Waals surface area contributed by atoms with Gasteiger partial charge in [-0.25, -0.2) is 14.4 Å². The molecule has 1 amide bonds. The largest absolute Gasteiger partial charge is 0.384 e. The summed E-state index contributed by atoms with van der Waals surface area (Å²) in [5.41, 5.74) is 4.22. The Kier molecular flexibility index (Phi) is 7.26. The molecule has 0 spiro atoms. The molecule has 1 aliphatic rings. The molecule has 0 aliphatic carbocycles. The van der Waals surface area contributed by atoms with Crippen LogP contribution in [0.3, 0.4) is 0 Å². The number of halogens is 1. The van der Waals surface area contributed by atoms with Crippen LogP contribution in [0.15, 0.2) is 47.3 Å². The molecule has 0 saturated carbocycles. The van der Waals surface area contributed by atoms with Crippen molar-refractivity contribution < 1.29 is 13.9 Å². The third kappa shape index (κ3) is 5.28. The lowest BCUT2D eigenvalue weighted by atomic mass is 9.89. The lowest BCUT2D eigenvalue weighted by Crippen LogP contribution is -2.37. The van der Waals surface area contributed by atoms with E-state index < -0.39 is 0 Å². The zero-order valence-corrected chi connectivity index (χ0v) is 18.8. The molecule has 162 valence electrons. The summed E-state index contributed by atoms with van der Waals surface area (Å²) in [4.78, 5) is 28.5. The Labute approximate surface area is 188 Å². The molecule has 0 N–H and O–H groups in total. The molecule has 1 aliphatic heterocycles. The Morgan fingerprint density at radius 3 is 2.87 bits per heavy atom. The van der Waals surface area contributed by atoms with Gasteiger partial charge in [0.2, 0.25) is 0 Å². The van der Waals surface area contributed by atoms with Crippen LogP contribution in [-0.4, -0.2) is 58.3 Å². The maximum absolute atomic E-state index is 13.9. The average Bonchev–Trinajstić information content (AvgIpc) is 3.34. The zero-order valence-electron chi connectivity index (χ0n) is 17.2. The molecule has 1 fully saturated rings. The number of amides is 1. The predicted molar refractivity (Wildman–Crippen MR) is 120 cm³/mol. The van der Waals surface area contributed by atoms with E-state index in [9.17, 15) is 9.18 Å². The number of hydrogen-bond donors (Lipinski definition) is 0. The zero-order chi connectivity index (χ0) is 21.6. The van der Waals surface area contributed by atoms with Gasteiger partial charge in [-0.15, -0.1) is 11.3 Å². The van der Waals surface area contributed by atoms with Crippen molar-refractivity contribution in [3.05, 3.63) is 58.6 Å². The van der Waals surface area contributed by atoms with Gasteiger partial charge in [-0.05, 0) is 30.5 Å². The monoisotopic (exact) mass is 458 g/mol. The summed E-state index contributed by atoms with van der Waals surface area (Å²) in [5, 5.41) is 0.690. The molecular weight excluding hydrogens is 435 g/mol. The van der Waals surface area contributed by atoms with Crippen LogP contribution in [0, 0.1) is 5.82 Å². The molecule has 4 rings (SSSR count). The number of hydrogen-bond acceptors (Lipinski definition) is 7. The molecule has 3 aromatic rings. The number of benzene rings is 1. The second kappa shape index (κ2) is 10.3. The van der Waals surface area contributed by atoms with Crippen molar-refractivity contribution in [2.75, 3.05) is 32.6 Å². The summed E-state index contributed by atoms with van der Waals surface area (Å²) >= 11 is 2.91. The SMILES string of the molecule is COCCSc1ncc(-c2cccc(F)c2)c(C2CCN(C(=O)c3cncs3)CC2)n1. The number of ether oxygens (including phenoxy) is 1. The number of nitrogens with zero attached hydrogens (tertiary/aromatic N) is 4. The van der Waals surface area contributed by atoms with Crippen molar-refractivity contribution in [1.82, 2.24) is 19.9 Å². The van der Waals surface area contributed by atoms with Crippen molar-refractivity contribution in [3.8, 4) is 11.1 Å². The number of carbonyl (C=O) groups is 1. The summed E-state index contributed by atoms with van der Waals surface area (Å²) in [6.45, 7) is 1.92. The molecule has 0 atom stereocenters. The van der Waals surface area contributed by atoms with Crippen molar-refractivity contribution in [2.24, 2.45) is 0 Å². The lowest BCUT2D eigenvalue weighted by Gasteiger charge is -2.32. The fourth-order valence-electron chi connectivity index (χ4n) is 3.69. The fourth-order valence-corrected chi connectivity index (χ4v) is 5.00. The maximum Gasteiger partial charge on any atom is 0.265 e. The maximum atomic E-state index is 13.9. The average molecular weight is 459 g/mol. The van der Waals surface area contributed by atoms with Crippen LogP contribution in [0.5, 0.6) is 0 Å². The van der Waals surface area contributed by atoms with Crippen LogP contribution in [0.4, 0.5) is 4.39 Å². The molecular formula is C22H23FN4O2S2. The number of aromatic nitrogens is 3. The minimum atomic E-state index is -0.285. The molecule has 3 heterocycles. The highest BCUT2D eigenvalue weighted by molar-refractivity contribution is 7.99. The fraction of sp³-hybridized carbons (Fsp3) is 0.364. The van der Waals surface area contributed by atoms with E-state index in [4.69, 9.17) is 9.72 Å². The van der Waals surface area contributed by atoms with Gasteiger partial charge in [0, 0.05) is 43.6 Å². The Morgan fingerprint density at radius 2 is 2.16 bits per heavy atom. The highest BCUT2D eigenvalue weighted by Gasteiger charge is 2.28. The van der Waals surface area contributed by atoms with Crippen molar-refractivity contribution in [2.45, 2.75) is 23.9 Å². The minimum Gasteiger partial charge on any atom is -0.384 e. The first kappa shape index (κ1) is 21.9. The van der Waals surface area contributed by atoms with Crippen molar-refractivity contribution in [1.29, 1.82) is 0 Å². The van der Waals surface area contributed by atoms with Gasteiger partial charge in [-0.2, -0.15) is 0 Å². The Morgan fingerprint density at radius 1 is 1.32 bits per heavy atom. The topological polar surface area (TPSA) is 68.2 Å². The lowest BCUT2D eigenvalue weighted by molar-refractivity contribution is 0.0716. The number of thiazole rings is 1. The number of methoxy groups -OCH3 is 1. The van der Waals surface area contributed by atoms with E-state index in [0.717, 1.165) is 35.4 Å². The summed E-state index contributed by atoms with van der Waals surface area (Å²) in [7, 11) is 1.67. The summed E-state index contributed by atoms with van der Waals surface area (Å²) < 4.78 is 19.0. The van der Waals surface area contributed by atoms with Crippen LogP contribution in [0.2, 0.25) is 0 Å². The number of likely N-dealkylation sites (tertiary alicyclic amines) is 1. The number of carbonyl (C=O) groups excluding carboxylic acids is 1. The smallest absolute Gasteiger partial charge is 0.265 e. The first-order valence-corrected chi connectivity index (χ1v) is 11.9. The van der Waals surface area contributed by atoms with Gasteiger partial charge in [0.05, 0.1) is 24.0 Å². The molecule has 31 heavy (non-hydrogen) atoms. The Bertz CT molecular complexity index is 1020. The minimum absolute atomic E-state index is 0.0322. The summed E-state index contributed by atoms with van der Waals surface area (Å²) in [6, 6.07) is 6.53. The molecule has 2 aromatic heterocycles. The van der Waals surface area contributed by atoms with Crippen molar-refractivity contribution in [3.63, 3.8) is 0 Å². The van der Waals surface area contributed by atoms with Crippen molar-refractivity contribution >= 4 is 29.0 Å². The molecule has 1 saturated heterocycles. The van der Waals surface area contributed by atoms with Crippen LogP contribution in [0.25, 0.3) is 11.1 Å². The molecule has 9 heteroatoms. The standard InChI is InChI=1S/C22H23FN4O2S2/c1-29-9-10-30-22-25-12-18(16-3-2-4-17(23)11-16)20(26-22)15-5-7-27(8-6-15)21(28)19-13-24-14-31-19/h2-4,11-15H,5-10H2,1H3. The van der Waals surface area contributed by atoms with E-state index in [-0.39, 0.29) is 17.6 Å². The second-order valence-corrected chi connectivity index (χ2v) is 9.18. The van der Waals surface area contributed by atoms with Crippen LogP contribution >= 0.6 is 23.1 Å².